The van der Waals surface area contributed by atoms with Gasteiger partial charge in [0.1, 0.15) is 11.6 Å². The summed E-state index contributed by atoms with van der Waals surface area (Å²) in [5, 5.41) is 0. The molecule has 9 nitrogen and oxygen atoms in total. The largest absolute Gasteiger partial charge is 0.495 e. The summed E-state index contributed by atoms with van der Waals surface area (Å²) in [4.78, 5) is 27.6. The van der Waals surface area contributed by atoms with E-state index in [1.54, 1.807) is 29.2 Å². The number of amides is 1. The van der Waals surface area contributed by atoms with Gasteiger partial charge in [-0.05, 0) is 48.7 Å². The summed E-state index contributed by atoms with van der Waals surface area (Å²) in [6, 6.07) is 10.6. The van der Waals surface area contributed by atoms with Gasteiger partial charge >= 0.3 is 5.97 Å². The average Bonchev–Trinajstić information content (AvgIpc) is 2.89. The van der Waals surface area contributed by atoms with Crippen LogP contribution in [-0.2, 0) is 30.8 Å². The van der Waals surface area contributed by atoms with E-state index in [1.807, 2.05) is 4.90 Å². The molecule has 0 bridgehead atoms. The van der Waals surface area contributed by atoms with Crippen LogP contribution < -0.4 is 14.4 Å². The van der Waals surface area contributed by atoms with Crippen LogP contribution in [0.25, 0.3) is 0 Å². The Hall–Kier alpha value is -3.18. The minimum absolute atomic E-state index is 0.0211. The molecule has 1 N–H and O–H groups in total. The van der Waals surface area contributed by atoms with Crippen molar-refractivity contribution in [2.75, 3.05) is 51.8 Å². The van der Waals surface area contributed by atoms with Crippen molar-refractivity contribution >= 4 is 27.6 Å². The van der Waals surface area contributed by atoms with Crippen molar-refractivity contribution in [2.45, 2.75) is 30.6 Å². The summed E-state index contributed by atoms with van der Waals surface area (Å²) in [5.74, 6) is -0.154. The smallest absolute Gasteiger partial charge is 0.305 e. The Morgan fingerprint density at radius 1 is 1.00 bits per heavy atom. The summed E-state index contributed by atoms with van der Waals surface area (Å²) >= 11 is 0. The Morgan fingerprint density at radius 2 is 1.69 bits per heavy atom. The van der Waals surface area contributed by atoms with Crippen LogP contribution in [0.2, 0.25) is 0 Å². The zero-order valence-corrected chi connectivity index (χ0v) is 21.4. The number of nitrogens with one attached hydrogen (secondary N) is 1. The predicted molar refractivity (Wildman–Crippen MR) is 133 cm³/mol. The highest BCUT2D eigenvalue weighted by atomic mass is 32.2. The number of benzene rings is 2. The van der Waals surface area contributed by atoms with Crippen LogP contribution in [-0.4, -0.2) is 72.1 Å². The van der Waals surface area contributed by atoms with Crippen LogP contribution in [0.4, 0.5) is 10.1 Å². The van der Waals surface area contributed by atoms with Crippen molar-refractivity contribution in [3.05, 3.63) is 53.8 Å². The van der Waals surface area contributed by atoms with E-state index in [9.17, 15) is 22.4 Å². The minimum Gasteiger partial charge on any atom is -0.495 e. The van der Waals surface area contributed by atoms with Gasteiger partial charge in [-0.15, -0.1) is 0 Å². The Morgan fingerprint density at radius 3 is 2.33 bits per heavy atom. The first-order chi connectivity index (χ1) is 17.2. The lowest BCUT2D eigenvalue weighted by Crippen LogP contribution is -2.48. The number of anilines is 1. The lowest BCUT2D eigenvalue weighted by molar-refractivity contribution is -0.140. The molecule has 2 aromatic rings. The third kappa shape index (κ3) is 7.41. The molecule has 0 saturated carbocycles. The number of hydrogen-bond acceptors (Lipinski definition) is 7. The highest BCUT2D eigenvalue weighted by Crippen LogP contribution is 2.32. The van der Waals surface area contributed by atoms with Crippen molar-refractivity contribution in [3.8, 4) is 5.75 Å². The maximum Gasteiger partial charge on any atom is 0.305 e. The first kappa shape index (κ1) is 27.4. The average molecular weight is 522 g/mol. The number of hydrogen-bond donors (Lipinski definition) is 1. The maximum absolute atomic E-state index is 13.1. The van der Waals surface area contributed by atoms with Gasteiger partial charge in [-0.2, -0.15) is 0 Å². The van der Waals surface area contributed by atoms with Crippen LogP contribution >= 0.6 is 0 Å². The van der Waals surface area contributed by atoms with Gasteiger partial charge in [0.25, 0.3) is 0 Å². The molecule has 0 unspecified atom stereocenters. The standard InChI is InChI=1S/C25H32FN3O6S/c1-34-23-11-10-21(36(32,33)27-13-12-19-6-8-20(26)9-7-19)18-22(23)28-14-16-29(17-15-28)24(30)4-3-5-25(31)35-2/h6-11,18,27H,3-5,12-17H2,1-2H3. The van der Waals surface area contributed by atoms with Crippen molar-refractivity contribution in [1.82, 2.24) is 9.62 Å². The van der Waals surface area contributed by atoms with E-state index in [-0.39, 0.29) is 42.0 Å². The fourth-order valence-corrected chi connectivity index (χ4v) is 5.04. The number of esters is 1. The van der Waals surface area contributed by atoms with Crippen LogP contribution in [0.1, 0.15) is 24.8 Å². The van der Waals surface area contributed by atoms with E-state index in [1.165, 1.54) is 32.4 Å². The molecule has 1 heterocycles. The molecule has 1 fully saturated rings. The third-order valence-electron chi connectivity index (χ3n) is 6.05. The fourth-order valence-electron chi connectivity index (χ4n) is 3.99. The molecule has 3 rings (SSSR count). The summed E-state index contributed by atoms with van der Waals surface area (Å²) < 4.78 is 51.5. The van der Waals surface area contributed by atoms with Gasteiger partial charge in [0.2, 0.25) is 15.9 Å². The van der Waals surface area contributed by atoms with E-state index in [0.717, 1.165) is 5.56 Å². The van der Waals surface area contributed by atoms with Crippen LogP contribution in [0.3, 0.4) is 0 Å². The molecule has 0 spiro atoms. The van der Waals surface area contributed by atoms with E-state index in [0.29, 0.717) is 50.5 Å². The first-order valence-corrected chi connectivity index (χ1v) is 13.2. The summed E-state index contributed by atoms with van der Waals surface area (Å²) in [6.45, 7) is 2.16. The van der Waals surface area contributed by atoms with E-state index < -0.39 is 10.0 Å². The molecule has 1 aliphatic rings. The SMILES string of the molecule is COC(=O)CCCC(=O)N1CCN(c2cc(S(=O)(=O)NCCc3ccc(F)cc3)ccc2OC)CC1. The zero-order chi connectivity index (χ0) is 26.1. The van der Waals surface area contributed by atoms with E-state index in [4.69, 9.17) is 4.74 Å². The number of carbonyl (C=O) groups is 2. The van der Waals surface area contributed by atoms with Gasteiger partial charge in [0.15, 0.2) is 0 Å². The van der Waals surface area contributed by atoms with Crippen molar-refractivity contribution < 1.29 is 31.9 Å². The Labute approximate surface area is 211 Å². The van der Waals surface area contributed by atoms with Gasteiger partial charge in [-0.3, -0.25) is 9.59 Å². The Kier molecular flexibility index (Phi) is 9.65. The molecular weight excluding hydrogens is 489 g/mol. The molecule has 0 aliphatic carbocycles. The fraction of sp³-hybridized carbons (Fsp3) is 0.440. The summed E-state index contributed by atoms with van der Waals surface area (Å²) in [7, 11) is -0.933. The number of methoxy groups -OCH3 is 2. The number of piperazine rings is 1. The second kappa shape index (κ2) is 12.7. The van der Waals surface area contributed by atoms with Gasteiger partial charge in [-0.25, -0.2) is 17.5 Å². The van der Waals surface area contributed by atoms with Gasteiger partial charge in [-0.1, -0.05) is 12.1 Å². The number of halogens is 1. The summed E-state index contributed by atoms with van der Waals surface area (Å²) in [6.07, 6.45) is 1.35. The molecule has 196 valence electrons. The van der Waals surface area contributed by atoms with Crippen molar-refractivity contribution in [3.63, 3.8) is 0 Å². The highest BCUT2D eigenvalue weighted by molar-refractivity contribution is 7.89. The second-order valence-electron chi connectivity index (χ2n) is 8.41. The van der Waals surface area contributed by atoms with Gasteiger partial charge < -0.3 is 19.3 Å². The Balaban J connectivity index is 1.60. The first-order valence-electron chi connectivity index (χ1n) is 11.7. The second-order valence-corrected chi connectivity index (χ2v) is 10.2. The van der Waals surface area contributed by atoms with Crippen molar-refractivity contribution in [2.24, 2.45) is 0 Å². The molecule has 0 radical (unpaired) electrons. The van der Waals surface area contributed by atoms with Gasteiger partial charge in [0, 0.05) is 45.6 Å². The van der Waals surface area contributed by atoms with E-state index in [2.05, 4.69) is 9.46 Å². The summed E-state index contributed by atoms with van der Waals surface area (Å²) in [5.41, 5.74) is 1.46. The third-order valence-corrected chi connectivity index (χ3v) is 7.51. The lowest BCUT2D eigenvalue weighted by Gasteiger charge is -2.36. The molecule has 0 aromatic heterocycles. The number of nitrogens with zero attached hydrogens (tertiary/aromatic N) is 2. The monoisotopic (exact) mass is 521 g/mol. The maximum atomic E-state index is 13.1. The highest BCUT2D eigenvalue weighted by Gasteiger charge is 2.25. The number of rotatable bonds is 11. The molecule has 1 aliphatic heterocycles. The predicted octanol–water partition coefficient (Wildman–Crippen LogP) is 2.35. The lowest BCUT2D eigenvalue weighted by atomic mass is 10.1. The van der Waals surface area contributed by atoms with E-state index >= 15 is 0 Å². The topological polar surface area (TPSA) is 105 Å². The number of carbonyl (C=O) groups excluding carboxylic acids is 2. The quantitative estimate of drug-likeness (QED) is 0.453. The molecule has 0 atom stereocenters. The molecule has 36 heavy (non-hydrogen) atoms. The normalized spacial score (nSPS) is 14.0. The molecule has 11 heteroatoms. The number of ether oxygens (including phenoxy) is 2. The molecule has 1 saturated heterocycles. The number of sulfonamides is 1. The van der Waals surface area contributed by atoms with Gasteiger partial charge in [0.05, 0.1) is 24.8 Å². The van der Waals surface area contributed by atoms with Crippen LogP contribution in [0.5, 0.6) is 5.75 Å². The van der Waals surface area contributed by atoms with Crippen LogP contribution in [0, 0.1) is 5.82 Å². The molecular formula is C25H32FN3O6S. The molecule has 1 amide bonds. The minimum atomic E-state index is -3.78. The molecule has 2 aromatic carbocycles. The van der Waals surface area contributed by atoms with Crippen molar-refractivity contribution in [1.29, 1.82) is 0 Å². The zero-order valence-electron chi connectivity index (χ0n) is 20.5. The Bertz CT molecular complexity index is 1150. The van der Waals surface area contributed by atoms with Crippen LogP contribution in [0.15, 0.2) is 47.4 Å².